The molecule has 2 aromatic carbocycles. The van der Waals surface area contributed by atoms with Gasteiger partial charge in [-0.05, 0) is 38.3 Å². The molecule has 0 aliphatic carbocycles. The van der Waals surface area contributed by atoms with E-state index in [-0.39, 0.29) is 10.8 Å². The lowest BCUT2D eigenvalue weighted by molar-refractivity contribution is 0.597. The van der Waals surface area contributed by atoms with E-state index in [1.807, 2.05) is 57.2 Å². The first-order valence-electron chi connectivity index (χ1n) is 7.24. The van der Waals surface area contributed by atoms with Gasteiger partial charge in [0.25, 0.3) is 0 Å². The van der Waals surface area contributed by atoms with Gasteiger partial charge in [0.05, 0.1) is 15.7 Å². The van der Waals surface area contributed by atoms with E-state index < -0.39 is 11.0 Å². The summed E-state index contributed by atoms with van der Waals surface area (Å²) in [4.78, 5) is 0. The summed E-state index contributed by atoms with van der Waals surface area (Å²) in [6, 6.07) is 20.6. The summed E-state index contributed by atoms with van der Waals surface area (Å²) in [7, 11) is -1.09. The van der Waals surface area contributed by atoms with Crippen LogP contribution in [0.1, 0.15) is 37.9 Å². The van der Waals surface area contributed by atoms with Gasteiger partial charge in [-0.25, -0.2) is 8.93 Å². The van der Waals surface area contributed by atoms with Crippen LogP contribution in [0, 0.1) is 0 Å². The lowest BCUT2D eigenvalue weighted by atomic mass is 10.00. The summed E-state index contributed by atoms with van der Waals surface area (Å²) in [5, 5.41) is 0. The Balaban J connectivity index is 2.21. The van der Waals surface area contributed by atoms with Gasteiger partial charge < -0.3 is 0 Å². The van der Waals surface area contributed by atoms with Crippen molar-refractivity contribution in [3.8, 4) is 0 Å². The molecule has 0 aromatic heterocycles. The van der Waals surface area contributed by atoms with Gasteiger partial charge in [0.2, 0.25) is 0 Å². The molecule has 2 rings (SSSR count). The molecule has 3 heteroatoms. The van der Waals surface area contributed by atoms with E-state index in [1.165, 1.54) is 11.1 Å². The Labute approximate surface area is 130 Å². The van der Waals surface area contributed by atoms with Crippen molar-refractivity contribution in [3.63, 3.8) is 0 Å². The second-order valence-corrected chi connectivity index (χ2v) is 8.15. The van der Waals surface area contributed by atoms with Crippen molar-refractivity contribution in [1.29, 1.82) is 0 Å². The zero-order valence-corrected chi connectivity index (χ0v) is 13.7. The van der Waals surface area contributed by atoms with Gasteiger partial charge in [0.15, 0.2) is 0 Å². The summed E-state index contributed by atoms with van der Waals surface area (Å²) in [5.74, 6) is 0. The molecule has 0 aliphatic rings. The molecular formula is C18H23NOS. The van der Waals surface area contributed by atoms with Crippen molar-refractivity contribution in [1.82, 2.24) is 4.72 Å². The van der Waals surface area contributed by atoms with Crippen molar-refractivity contribution in [3.05, 3.63) is 71.8 Å². The molecule has 1 unspecified atom stereocenters. The van der Waals surface area contributed by atoms with E-state index in [9.17, 15) is 4.21 Å². The quantitative estimate of drug-likeness (QED) is 0.888. The maximum atomic E-state index is 12.4. The van der Waals surface area contributed by atoms with Crippen LogP contribution in [0.15, 0.2) is 60.7 Å². The van der Waals surface area contributed by atoms with E-state index in [4.69, 9.17) is 0 Å². The minimum atomic E-state index is -1.09. The van der Waals surface area contributed by atoms with Crippen molar-refractivity contribution in [2.45, 2.75) is 38.0 Å². The Hall–Kier alpha value is -1.45. The highest BCUT2D eigenvalue weighted by Crippen LogP contribution is 2.21. The summed E-state index contributed by atoms with van der Waals surface area (Å²) < 4.78 is 15.5. The Morgan fingerprint density at radius 2 is 1.48 bits per heavy atom. The summed E-state index contributed by atoms with van der Waals surface area (Å²) in [6.45, 7) is 5.96. The molecule has 0 saturated heterocycles. The Morgan fingerprint density at radius 1 is 0.952 bits per heavy atom. The lowest BCUT2D eigenvalue weighted by Gasteiger charge is -2.24. The van der Waals surface area contributed by atoms with Crippen LogP contribution >= 0.6 is 0 Å². The highest BCUT2D eigenvalue weighted by molar-refractivity contribution is 7.84. The maximum absolute atomic E-state index is 12.4. The Bertz CT molecular complexity index is 575. The molecule has 0 heterocycles. The zero-order valence-electron chi connectivity index (χ0n) is 12.9. The van der Waals surface area contributed by atoms with E-state index in [1.54, 1.807) is 0 Å². The molecule has 0 fully saturated rings. The molecule has 2 atom stereocenters. The number of nitrogens with one attached hydrogen (secondary N) is 1. The summed E-state index contributed by atoms with van der Waals surface area (Å²) in [6.07, 6.45) is 0.826. The lowest BCUT2D eigenvalue weighted by Crippen LogP contribution is -2.36. The summed E-state index contributed by atoms with van der Waals surface area (Å²) >= 11 is 0. The van der Waals surface area contributed by atoms with Crippen LogP contribution in [0.4, 0.5) is 0 Å². The van der Waals surface area contributed by atoms with E-state index in [0.717, 1.165) is 6.42 Å². The van der Waals surface area contributed by atoms with Crippen molar-refractivity contribution >= 4 is 11.0 Å². The van der Waals surface area contributed by atoms with Gasteiger partial charge in [0.1, 0.15) is 0 Å². The van der Waals surface area contributed by atoms with Gasteiger partial charge in [-0.15, -0.1) is 0 Å². The monoisotopic (exact) mass is 301 g/mol. The maximum Gasteiger partial charge on any atom is 0.0976 e. The highest BCUT2D eigenvalue weighted by atomic mass is 32.2. The second kappa shape index (κ2) is 7.01. The predicted octanol–water partition coefficient (Wildman–Crippen LogP) is 4.02. The highest BCUT2D eigenvalue weighted by Gasteiger charge is 2.23. The van der Waals surface area contributed by atoms with Crippen LogP contribution in [0.25, 0.3) is 0 Å². The fraction of sp³-hybridized carbons (Fsp3) is 0.333. The van der Waals surface area contributed by atoms with Gasteiger partial charge in [-0.2, -0.15) is 0 Å². The van der Waals surface area contributed by atoms with Crippen LogP contribution in [0.5, 0.6) is 0 Å². The third-order valence-corrected chi connectivity index (χ3v) is 4.90. The molecule has 0 aliphatic heterocycles. The fourth-order valence-electron chi connectivity index (χ4n) is 2.07. The Kier molecular flexibility index (Phi) is 5.32. The second-order valence-electron chi connectivity index (χ2n) is 6.15. The SMILES string of the molecule is CC(C)(C)S(=O)N[C@H](Cc1ccccc1)c1ccccc1. The third-order valence-electron chi connectivity index (χ3n) is 3.29. The zero-order chi connectivity index (χ0) is 15.3. The molecule has 2 nitrogen and oxygen atoms in total. The van der Waals surface area contributed by atoms with Crippen molar-refractivity contribution < 1.29 is 4.21 Å². The largest absolute Gasteiger partial charge is 0.242 e. The van der Waals surface area contributed by atoms with E-state index >= 15 is 0 Å². The minimum absolute atomic E-state index is 0.0497. The average molecular weight is 301 g/mol. The molecule has 1 N–H and O–H groups in total. The molecular weight excluding hydrogens is 278 g/mol. The minimum Gasteiger partial charge on any atom is -0.242 e. The van der Waals surface area contributed by atoms with Crippen LogP contribution in [0.3, 0.4) is 0 Å². The molecule has 2 aromatic rings. The molecule has 0 saturated carbocycles. The molecule has 0 amide bonds. The van der Waals surface area contributed by atoms with Gasteiger partial charge in [-0.3, -0.25) is 0 Å². The first-order chi connectivity index (χ1) is 9.97. The number of hydrogen-bond donors (Lipinski definition) is 1. The van der Waals surface area contributed by atoms with Gasteiger partial charge in [-0.1, -0.05) is 60.7 Å². The molecule has 0 spiro atoms. The number of hydrogen-bond acceptors (Lipinski definition) is 1. The number of benzene rings is 2. The van der Waals surface area contributed by atoms with Gasteiger partial charge >= 0.3 is 0 Å². The average Bonchev–Trinajstić information content (AvgIpc) is 2.47. The van der Waals surface area contributed by atoms with E-state index in [0.29, 0.717) is 0 Å². The van der Waals surface area contributed by atoms with E-state index in [2.05, 4.69) is 29.0 Å². The molecule has 0 radical (unpaired) electrons. The smallest absolute Gasteiger partial charge is 0.0976 e. The topological polar surface area (TPSA) is 29.1 Å². The predicted molar refractivity (Wildman–Crippen MR) is 90.4 cm³/mol. The molecule has 0 bridgehead atoms. The normalized spacial score (nSPS) is 14.6. The van der Waals surface area contributed by atoms with Crippen LogP contribution in [0.2, 0.25) is 0 Å². The van der Waals surface area contributed by atoms with Gasteiger partial charge in [0, 0.05) is 6.04 Å². The van der Waals surface area contributed by atoms with Crippen molar-refractivity contribution in [2.75, 3.05) is 0 Å². The standard InChI is InChI=1S/C18H23NOS/c1-18(2,3)21(20)19-17(16-12-8-5-9-13-16)14-15-10-6-4-7-11-15/h4-13,17,19H,14H2,1-3H3/t17-,21?/m1/s1. The third kappa shape index (κ3) is 4.80. The fourth-order valence-corrected chi connectivity index (χ4v) is 2.90. The molecule has 112 valence electrons. The number of rotatable bonds is 5. The van der Waals surface area contributed by atoms with Crippen LogP contribution < -0.4 is 4.72 Å². The van der Waals surface area contributed by atoms with Crippen LogP contribution in [-0.4, -0.2) is 8.96 Å². The summed E-state index contributed by atoms with van der Waals surface area (Å²) in [5.41, 5.74) is 2.41. The first kappa shape index (κ1) is 15.9. The van der Waals surface area contributed by atoms with Crippen LogP contribution in [-0.2, 0) is 17.4 Å². The van der Waals surface area contributed by atoms with Crippen molar-refractivity contribution in [2.24, 2.45) is 0 Å². The Morgan fingerprint density at radius 3 is 2.00 bits per heavy atom. The first-order valence-corrected chi connectivity index (χ1v) is 8.39. The molecule has 21 heavy (non-hydrogen) atoms.